The summed E-state index contributed by atoms with van der Waals surface area (Å²) in [6.45, 7) is 6.41. The Balaban J connectivity index is 1.50. The number of urea groups is 1. The van der Waals surface area contributed by atoms with Crippen LogP contribution in [0.5, 0.6) is 0 Å². The van der Waals surface area contributed by atoms with Gasteiger partial charge < -0.3 is 9.80 Å². The highest BCUT2D eigenvalue weighted by atomic mass is 16.2. The van der Waals surface area contributed by atoms with Crippen molar-refractivity contribution >= 4 is 11.9 Å². The number of carbonyl (C=O) groups excluding carboxylic acids is 2. The van der Waals surface area contributed by atoms with Crippen LogP contribution in [0.2, 0.25) is 0 Å². The highest BCUT2D eigenvalue weighted by Gasteiger charge is 2.57. The van der Waals surface area contributed by atoms with Crippen molar-refractivity contribution < 1.29 is 9.59 Å². The van der Waals surface area contributed by atoms with Crippen molar-refractivity contribution in [2.45, 2.75) is 76.7 Å². The monoisotopic (exact) mass is 425 g/mol. The number of nitrogens with zero attached hydrogens (tertiary/aromatic N) is 3. The van der Waals surface area contributed by atoms with Crippen molar-refractivity contribution in [2.75, 3.05) is 32.7 Å². The molecule has 5 nitrogen and oxygen atoms in total. The summed E-state index contributed by atoms with van der Waals surface area (Å²) in [4.78, 5) is 33.4. The molecule has 0 unspecified atom stereocenters. The van der Waals surface area contributed by atoms with Gasteiger partial charge in [-0.05, 0) is 56.6 Å². The first-order valence-electron chi connectivity index (χ1n) is 12.5. The summed E-state index contributed by atoms with van der Waals surface area (Å²) in [6.07, 6.45) is 10.8. The third-order valence-electron chi connectivity index (χ3n) is 7.77. The van der Waals surface area contributed by atoms with Gasteiger partial charge in [-0.1, -0.05) is 62.9 Å². The molecule has 2 heterocycles. The first-order valence-corrected chi connectivity index (χ1v) is 12.5. The van der Waals surface area contributed by atoms with E-state index >= 15 is 0 Å². The molecule has 2 saturated heterocycles. The fraction of sp³-hybridized carbons (Fsp3) is 0.692. The highest BCUT2D eigenvalue weighted by molar-refractivity contribution is 6.07. The molecule has 1 saturated carbocycles. The van der Waals surface area contributed by atoms with Gasteiger partial charge in [0.2, 0.25) is 0 Å². The number of hydrogen-bond donors (Lipinski definition) is 0. The van der Waals surface area contributed by atoms with Gasteiger partial charge in [-0.3, -0.25) is 9.69 Å². The molecule has 1 spiro atoms. The van der Waals surface area contributed by atoms with Gasteiger partial charge in [0.1, 0.15) is 5.54 Å². The molecule has 0 N–H and O–H groups in total. The van der Waals surface area contributed by atoms with E-state index < -0.39 is 5.54 Å². The maximum Gasteiger partial charge on any atom is 0.327 e. The van der Waals surface area contributed by atoms with Crippen LogP contribution in [0, 0.1) is 5.92 Å². The molecule has 170 valence electrons. The third-order valence-corrected chi connectivity index (χ3v) is 7.77. The molecule has 0 bridgehead atoms. The summed E-state index contributed by atoms with van der Waals surface area (Å²) in [5.41, 5.74) is 0.604. The third kappa shape index (κ3) is 4.82. The average molecular weight is 426 g/mol. The predicted octanol–water partition coefficient (Wildman–Crippen LogP) is 4.71. The summed E-state index contributed by atoms with van der Waals surface area (Å²) in [5.74, 6) is 0.573. The van der Waals surface area contributed by atoms with Crippen molar-refractivity contribution in [3.05, 3.63) is 35.9 Å². The minimum atomic E-state index is -0.622. The number of unbranched alkanes of at least 4 members (excludes halogenated alkanes) is 1. The predicted molar refractivity (Wildman–Crippen MR) is 124 cm³/mol. The molecule has 0 atom stereocenters. The van der Waals surface area contributed by atoms with Gasteiger partial charge in [0.05, 0.1) is 0 Å². The Labute approximate surface area is 187 Å². The van der Waals surface area contributed by atoms with E-state index in [4.69, 9.17) is 0 Å². The Morgan fingerprint density at radius 1 is 0.968 bits per heavy atom. The molecule has 3 amide bonds. The largest absolute Gasteiger partial charge is 0.327 e. The van der Waals surface area contributed by atoms with Crippen LogP contribution in [0.4, 0.5) is 4.79 Å². The second kappa shape index (κ2) is 10.2. The minimum Gasteiger partial charge on any atom is -0.309 e. The molecule has 2 aliphatic heterocycles. The van der Waals surface area contributed by atoms with E-state index in [9.17, 15) is 9.59 Å². The highest BCUT2D eigenvalue weighted by Crippen LogP contribution is 2.39. The van der Waals surface area contributed by atoms with Crippen LogP contribution in [0.1, 0.15) is 70.3 Å². The summed E-state index contributed by atoms with van der Waals surface area (Å²) in [5, 5.41) is 0. The minimum absolute atomic E-state index is 0.0338. The Bertz CT molecular complexity index is 736. The second-order valence-corrected chi connectivity index (χ2v) is 9.82. The van der Waals surface area contributed by atoms with Crippen LogP contribution >= 0.6 is 0 Å². The normalized spacial score (nSPS) is 22.6. The number of carbonyl (C=O) groups is 2. The van der Waals surface area contributed by atoms with Crippen LogP contribution in [-0.2, 0) is 11.2 Å². The number of rotatable bonds is 8. The van der Waals surface area contributed by atoms with E-state index in [1.807, 2.05) is 23.1 Å². The Morgan fingerprint density at radius 3 is 2.35 bits per heavy atom. The lowest BCUT2D eigenvalue weighted by molar-refractivity contribution is -0.136. The SMILES string of the molecule is CCCCN1CCC2(CC1)C(=O)N(CC1CCCCC1)C(=O)N2CCc1ccccc1. The molecule has 0 radical (unpaired) electrons. The Kier molecular flexibility index (Phi) is 7.31. The van der Waals surface area contributed by atoms with Crippen LogP contribution in [0.3, 0.4) is 0 Å². The molecule has 4 rings (SSSR count). The van der Waals surface area contributed by atoms with Crippen molar-refractivity contribution in [2.24, 2.45) is 5.92 Å². The number of hydrogen-bond acceptors (Lipinski definition) is 3. The van der Waals surface area contributed by atoms with Crippen molar-refractivity contribution in [3.63, 3.8) is 0 Å². The molecule has 3 aliphatic rings. The lowest BCUT2D eigenvalue weighted by Crippen LogP contribution is -2.57. The standard InChI is InChI=1S/C26H39N3O2/c1-2-3-17-27-19-15-26(16-20-27)24(30)28(21-23-12-8-5-9-13-23)25(31)29(26)18-14-22-10-6-4-7-11-22/h4,6-7,10-11,23H,2-3,5,8-9,12-21H2,1H3. The van der Waals surface area contributed by atoms with Gasteiger partial charge in [0, 0.05) is 26.2 Å². The Hall–Kier alpha value is -1.88. The molecule has 0 aromatic heterocycles. The molecule has 1 aliphatic carbocycles. The van der Waals surface area contributed by atoms with Crippen LogP contribution in [0.25, 0.3) is 0 Å². The zero-order valence-corrected chi connectivity index (χ0v) is 19.2. The van der Waals surface area contributed by atoms with E-state index in [1.165, 1.54) is 37.7 Å². The van der Waals surface area contributed by atoms with Crippen molar-refractivity contribution in [1.29, 1.82) is 0 Å². The van der Waals surface area contributed by atoms with Gasteiger partial charge in [-0.15, -0.1) is 0 Å². The summed E-state index contributed by atoms with van der Waals surface area (Å²) >= 11 is 0. The maximum atomic E-state index is 13.8. The fourth-order valence-corrected chi connectivity index (χ4v) is 5.78. The van der Waals surface area contributed by atoms with Gasteiger partial charge in [0.25, 0.3) is 5.91 Å². The van der Waals surface area contributed by atoms with Crippen LogP contribution in [0.15, 0.2) is 30.3 Å². The van der Waals surface area contributed by atoms with Gasteiger partial charge in [-0.25, -0.2) is 4.79 Å². The second-order valence-electron chi connectivity index (χ2n) is 9.82. The lowest BCUT2D eigenvalue weighted by Gasteiger charge is -2.42. The van der Waals surface area contributed by atoms with Gasteiger partial charge in [-0.2, -0.15) is 0 Å². The van der Waals surface area contributed by atoms with E-state index in [1.54, 1.807) is 4.90 Å². The van der Waals surface area contributed by atoms with Crippen molar-refractivity contribution in [3.8, 4) is 0 Å². The van der Waals surface area contributed by atoms with Crippen LogP contribution < -0.4 is 0 Å². The first kappa shape index (κ1) is 22.3. The smallest absolute Gasteiger partial charge is 0.309 e. The van der Waals surface area contributed by atoms with E-state index in [0.717, 1.165) is 51.7 Å². The summed E-state index contributed by atoms with van der Waals surface area (Å²) < 4.78 is 0. The maximum absolute atomic E-state index is 13.8. The molecule has 3 fully saturated rings. The van der Waals surface area contributed by atoms with Crippen molar-refractivity contribution in [1.82, 2.24) is 14.7 Å². The molecule has 31 heavy (non-hydrogen) atoms. The quantitative estimate of drug-likeness (QED) is 0.567. The number of piperidine rings is 1. The molecule has 1 aromatic rings. The van der Waals surface area contributed by atoms with Crippen LogP contribution in [-0.4, -0.2) is 64.9 Å². The lowest BCUT2D eigenvalue weighted by atomic mass is 9.85. The van der Waals surface area contributed by atoms with E-state index in [2.05, 4.69) is 24.0 Å². The van der Waals surface area contributed by atoms with E-state index in [0.29, 0.717) is 19.0 Å². The zero-order valence-electron chi connectivity index (χ0n) is 19.2. The van der Waals surface area contributed by atoms with Gasteiger partial charge >= 0.3 is 6.03 Å². The first-order chi connectivity index (χ1) is 15.1. The molecule has 5 heteroatoms. The molecule has 1 aromatic carbocycles. The zero-order chi connectivity index (χ0) is 21.7. The summed E-state index contributed by atoms with van der Waals surface area (Å²) in [7, 11) is 0. The average Bonchev–Trinajstić information content (AvgIpc) is 3.00. The number of likely N-dealkylation sites (tertiary alicyclic amines) is 1. The summed E-state index contributed by atoms with van der Waals surface area (Å²) in [6, 6.07) is 10.3. The van der Waals surface area contributed by atoms with Gasteiger partial charge in [0.15, 0.2) is 0 Å². The van der Waals surface area contributed by atoms with E-state index in [-0.39, 0.29) is 11.9 Å². The molecular weight excluding hydrogens is 386 g/mol. The topological polar surface area (TPSA) is 43.9 Å². The number of imide groups is 1. The molecular formula is C26H39N3O2. The Morgan fingerprint density at radius 2 is 1.68 bits per heavy atom. The number of benzene rings is 1. The number of amides is 3. The fourth-order valence-electron chi connectivity index (χ4n) is 5.78.